The van der Waals surface area contributed by atoms with Crippen molar-refractivity contribution in [2.24, 2.45) is 5.10 Å². The highest BCUT2D eigenvalue weighted by Gasteiger charge is 2.10. The van der Waals surface area contributed by atoms with Gasteiger partial charge in [-0.2, -0.15) is 5.10 Å². The molecule has 7 heteroatoms. The summed E-state index contributed by atoms with van der Waals surface area (Å²) in [5.41, 5.74) is 3.21. The summed E-state index contributed by atoms with van der Waals surface area (Å²) in [5, 5.41) is 13.5. The molecule has 0 saturated carbocycles. The lowest BCUT2D eigenvalue weighted by Crippen LogP contribution is -2.17. The molecule has 2 aromatic rings. The fraction of sp³-hybridized carbons (Fsp3) is 0.125. The lowest BCUT2D eigenvalue weighted by atomic mass is 10.2. The van der Waals surface area contributed by atoms with Crippen LogP contribution in [0.4, 0.5) is 0 Å². The van der Waals surface area contributed by atoms with Gasteiger partial charge in [-0.1, -0.05) is 12.1 Å². The topological polar surface area (TPSA) is 80.2 Å². The Balaban J connectivity index is 2.13. The van der Waals surface area contributed by atoms with Crippen LogP contribution in [-0.4, -0.2) is 31.4 Å². The first-order valence-corrected chi connectivity index (χ1v) is 7.39. The van der Waals surface area contributed by atoms with Crippen LogP contribution < -0.4 is 14.9 Å². The average molecular weight is 379 g/mol. The normalized spacial score (nSPS) is 10.6. The lowest BCUT2D eigenvalue weighted by Gasteiger charge is -2.10. The van der Waals surface area contributed by atoms with E-state index in [1.165, 1.54) is 25.5 Å². The van der Waals surface area contributed by atoms with Crippen LogP contribution in [-0.2, 0) is 0 Å². The number of nitrogens with zero attached hydrogens (tertiary/aromatic N) is 1. The third-order valence-electron chi connectivity index (χ3n) is 2.98. The Morgan fingerprint density at radius 1 is 1.26 bits per heavy atom. The zero-order chi connectivity index (χ0) is 16.8. The molecule has 1 amide bonds. The van der Waals surface area contributed by atoms with Gasteiger partial charge in [0.05, 0.1) is 30.5 Å². The van der Waals surface area contributed by atoms with Gasteiger partial charge in [0.15, 0.2) is 11.5 Å². The molecule has 0 radical (unpaired) electrons. The molecule has 6 nitrogen and oxygen atoms in total. The lowest BCUT2D eigenvalue weighted by molar-refractivity contribution is 0.0952. The average Bonchev–Trinajstić information content (AvgIpc) is 2.54. The van der Waals surface area contributed by atoms with E-state index in [9.17, 15) is 9.90 Å². The summed E-state index contributed by atoms with van der Waals surface area (Å²) in [6, 6.07) is 9.73. The number of hydrogen-bond acceptors (Lipinski definition) is 5. The second-order valence-corrected chi connectivity index (χ2v) is 5.31. The molecule has 0 aliphatic rings. The van der Waals surface area contributed by atoms with Crippen LogP contribution in [0.25, 0.3) is 0 Å². The minimum absolute atomic E-state index is 0.103. The second kappa shape index (κ2) is 7.64. The van der Waals surface area contributed by atoms with E-state index in [0.29, 0.717) is 21.5 Å². The van der Waals surface area contributed by atoms with Gasteiger partial charge >= 0.3 is 0 Å². The zero-order valence-corrected chi connectivity index (χ0v) is 14.1. The maximum atomic E-state index is 11.9. The van der Waals surface area contributed by atoms with E-state index in [4.69, 9.17) is 9.47 Å². The summed E-state index contributed by atoms with van der Waals surface area (Å²) in [5.74, 6) is 0.506. The number of phenolic OH excluding ortho intramolecular Hbond substituents is 1. The monoisotopic (exact) mass is 378 g/mol. The first-order valence-electron chi connectivity index (χ1n) is 6.59. The van der Waals surface area contributed by atoms with Crippen LogP contribution in [0.2, 0.25) is 0 Å². The first kappa shape index (κ1) is 16.8. The van der Waals surface area contributed by atoms with E-state index in [0.717, 1.165) is 0 Å². The number of hydrazone groups is 1. The van der Waals surface area contributed by atoms with E-state index in [-0.39, 0.29) is 11.3 Å². The summed E-state index contributed by atoms with van der Waals surface area (Å²) in [6.45, 7) is 0. The number of aromatic hydroxyl groups is 1. The fourth-order valence-corrected chi connectivity index (χ4v) is 2.53. The van der Waals surface area contributed by atoms with Gasteiger partial charge in [0, 0.05) is 0 Å². The van der Waals surface area contributed by atoms with Gasteiger partial charge in [0.25, 0.3) is 5.91 Å². The molecular formula is C16H15BrN2O4. The van der Waals surface area contributed by atoms with Gasteiger partial charge in [-0.25, -0.2) is 5.43 Å². The third-order valence-corrected chi connectivity index (χ3v) is 3.57. The highest BCUT2D eigenvalue weighted by Crippen LogP contribution is 2.35. The van der Waals surface area contributed by atoms with E-state index in [1.807, 2.05) is 0 Å². The molecule has 0 aliphatic heterocycles. The van der Waals surface area contributed by atoms with Gasteiger partial charge < -0.3 is 14.6 Å². The summed E-state index contributed by atoms with van der Waals surface area (Å²) >= 11 is 3.38. The molecule has 0 aromatic heterocycles. The summed E-state index contributed by atoms with van der Waals surface area (Å²) < 4.78 is 11.2. The van der Waals surface area contributed by atoms with Crippen LogP contribution in [0.5, 0.6) is 17.2 Å². The Hall–Kier alpha value is -2.54. The molecule has 0 atom stereocenters. The van der Waals surface area contributed by atoms with E-state index < -0.39 is 5.91 Å². The molecule has 0 heterocycles. The molecule has 23 heavy (non-hydrogen) atoms. The number of phenols is 1. The van der Waals surface area contributed by atoms with Crippen molar-refractivity contribution in [3.05, 3.63) is 52.0 Å². The van der Waals surface area contributed by atoms with Crippen molar-refractivity contribution in [1.82, 2.24) is 5.43 Å². The highest BCUT2D eigenvalue weighted by molar-refractivity contribution is 9.10. The van der Waals surface area contributed by atoms with Gasteiger partial charge in [-0.3, -0.25) is 4.79 Å². The Morgan fingerprint density at radius 3 is 2.65 bits per heavy atom. The minimum atomic E-state index is -0.501. The maximum Gasteiger partial charge on any atom is 0.275 e. The van der Waals surface area contributed by atoms with Crippen molar-refractivity contribution in [3.8, 4) is 17.2 Å². The number of carbonyl (C=O) groups is 1. The summed E-state index contributed by atoms with van der Waals surface area (Å²) in [7, 11) is 3.08. The number of amides is 1. The molecule has 2 N–H and O–H groups in total. The molecular weight excluding hydrogens is 364 g/mol. The van der Waals surface area contributed by atoms with Crippen molar-refractivity contribution >= 4 is 28.1 Å². The number of carbonyl (C=O) groups excluding carboxylic acids is 1. The third kappa shape index (κ3) is 4.01. The SMILES string of the molecule is COc1cc(/C=N/NC(=O)c2ccccc2O)cc(Br)c1OC. The van der Waals surface area contributed by atoms with Crippen LogP contribution in [0, 0.1) is 0 Å². The van der Waals surface area contributed by atoms with Gasteiger partial charge in [-0.15, -0.1) is 0 Å². The van der Waals surface area contributed by atoms with Crippen LogP contribution in [0.1, 0.15) is 15.9 Å². The molecule has 2 rings (SSSR count). The molecule has 0 spiro atoms. The Labute approximate surface area is 141 Å². The van der Waals surface area contributed by atoms with E-state index in [2.05, 4.69) is 26.5 Å². The smallest absolute Gasteiger partial charge is 0.275 e. The van der Waals surface area contributed by atoms with Crippen molar-refractivity contribution in [3.63, 3.8) is 0 Å². The van der Waals surface area contributed by atoms with E-state index >= 15 is 0 Å². The van der Waals surface area contributed by atoms with Crippen molar-refractivity contribution in [2.75, 3.05) is 14.2 Å². The quantitative estimate of drug-likeness (QED) is 0.619. The molecule has 0 fully saturated rings. The molecule has 0 aliphatic carbocycles. The Bertz CT molecular complexity index is 747. The predicted octanol–water partition coefficient (Wildman–Crippen LogP) is 2.94. The number of ether oxygens (including phenoxy) is 2. The maximum absolute atomic E-state index is 11.9. The first-order chi connectivity index (χ1) is 11.1. The number of methoxy groups -OCH3 is 2. The standard InChI is InChI=1S/C16H15BrN2O4/c1-22-14-8-10(7-12(17)15(14)23-2)9-18-19-16(21)11-5-3-4-6-13(11)20/h3-9,20H,1-2H3,(H,19,21)/b18-9+. The van der Waals surface area contributed by atoms with Gasteiger partial charge in [-0.05, 0) is 45.8 Å². The van der Waals surface area contributed by atoms with Crippen LogP contribution in [0.3, 0.4) is 0 Å². The van der Waals surface area contributed by atoms with E-state index in [1.54, 1.807) is 31.4 Å². The second-order valence-electron chi connectivity index (χ2n) is 4.45. The van der Waals surface area contributed by atoms with Crippen LogP contribution in [0.15, 0.2) is 46.0 Å². The van der Waals surface area contributed by atoms with Crippen molar-refractivity contribution < 1.29 is 19.4 Å². The molecule has 0 unspecified atom stereocenters. The predicted molar refractivity (Wildman–Crippen MR) is 90.4 cm³/mol. The number of benzene rings is 2. The molecule has 120 valence electrons. The Kier molecular flexibility index (Phi) is 5.59. The summed E-state index contributed by atoms with van der Waals surface area (Å²) in [4.78, 5) is 11.9. The largest absolute Gasteiger partial charge is 0.507 e. The van der Waals surface area contributed by atoms with Crippen LogP contribution >= 0.6 is 15.9 Å². The molecule has 0 saturated heterocycles. The Morgan fingerprint density at radius 2 is 2.00 bits per heavy atom. The molecule has 0 bridgehead atoms. The summed E-state index contributed by atoms with van der Waals surface area (Å²) in [6.07, 6.45) is 1.46. The molecule has 2 aromatic carbocycles. The number of halogens is 1. The number of hydrogen-bond donors (Lipinski definition) is 2. The fourth-order valence-electron chi connectivity index (χ4n) is 1.90. The minimum Gasteiger partial charge on any atom is -0.507 e. The number of para-hydroxylation sites is 1. The van der Waals surface area contributed by atoms with Crippen molar-refractivity contribution in [2.45, 2.75) is 0 Å². The van der Waals surface area contributed by atoms with Gasteiger partial charge in [0.2, 0.25) is 0 Å². The number of nitrogens with one attached hydrogen (secondary N) is 1. The highest BCUT2D eigenvalue weighted by atomic mass is 79.9. The van der Waals surface area contributed by atoms with Crippen molar-refractivity contribution in [1.29, 1.82) is 0 Å². The number of rotatable bonds is 5. The van der Waals surface area contributed by atoms with Gasteiger partial charge in [0.1, 0.15) is 5.75 Å². The zero-order valence-electron chi connectivity index (χ0n) is 12.5.